The molecule has 1 aliphatic rings. The molecule has 2 aromatic heterocycles. The van der Waals surface area contributed by atoms with Crippen LogP contribution in [0.3, 0.4) is 0 Å². The zero-order valence-electron chi connectivity index (χ0n) is 13.3. The second-order valence-electron chi connectivity index (χ2n) is 5.44. The highest BCUT2D eigenvalue weighted by atomic mass is 79.9. The van der Waals surface area contributed by atoms with E-state index in [9.17, 15) is 14.4 Å². The number of ether oxygens (including phenoxy) is 3. The van der Waals surface area contributed by atoms with Crippen LogP contribution in [0.4, 0.5) is 0 Å². The molecule has 2 aromatic rings. The minimum Gasteiger partial charge on any atom is -0.463 e. The Hall–Kier alpha value is -2.27. The van der Waals surface area contributed by atoms with Crippen molar-refractivity contribution < 1.29 is 23.8 Å². The number of hydrogen-bond donors (Lipinski definition) is 1. The Morgan fingerprint density at radius 1 is 1.36 bits per heavy atom. The average molecular weight is 415 g/mol. The van der Waals surface area contributed by atoms with Crippen molar-refractivity contribution in [2.24, 2.45) is 0 Å². The van der Waals surface area contributed by atoms with E-state index in [1.165, 1.54) is 26.5 Å². The molecule has 4 atom stereocenters. The lowest BCUT2D eigenvalue weighted by atomic mass is 10.2. The van der Waals surface area contributed by atoms with Crippen molar-refractivity contribution in [1.82, 2.24) is 19.5 Å². The standard InChI is InChI=1S/C14H15BrN4O6/c1-6(20)23-3-8-11(24-7(2)21)9(15)14(25-8)19-5-18-10-12(19)16-4-17-13(10)22/h4-5,8-9,11,14H,3H2,1-2H3,(H,16,17,22)/t8-,9+,11-,14-/m1/s1. The third kappa shape index (κ3) is 3.42. The molecule has 0 spiro atoms. The Bertz CT molecular complexity index is 864. The summed E-state index contributed by atoms with van der Waals surface area (Å²) in [6.07, 6.45) is 0.651. The first-order valence-corrected chi connectivity index (χ1v) is 8.30. The van der Waals surface area contributed by atoms with Gasteiger partial charge in [0, 0.05) is 13.8 Å². The molecule has 1 fully saturated rings. The highest BCUT2D eigenvalue weighted by Gasteiger charge is 2.47. The largest absolute Gasteiger partial charge is 0.463 e. The van der Waals surface area contributed by atoms with Crippen LogP contribution in [0.25, 0.3) is 11.2 Å². The molecule has 0 bridgehead atoms. The first-order valence-electron chi connectivity index (χ1n) is 7.39. The van der Waals surface area contributed by atoms with Crippen LogP contribution in [-0.2, 0) is 23.8 Å². The van der Waals surface area contributed by atoms with Gasteiger partial charge in [-0.1, -0.05) is 15.9 Å². The monoisotopic (exact) mass is 414 g/mol. The van der Waals surface area contributed by atoms with Gasteiger partial charge in [0.05, 0.1) is 17.5 Å². The van der Waals surface area contributed by atoms with Crippen molar-refractivity contribution in [2.75, 3.05) is 6.61 Å². The molecule has 10 nitrogen and oxygen atoms in total. The van der Waals surface area contributed by atoms with Crippen molar-refractivity contribution in [1.29, 1.82) is 0 Å². The molecule has 3 heterocycles. The normalized spacial score (nSPS) is 25.9. The molecule has 0 amide bonds. The maximum atomic E-state index is 11.8. The van der Waals surface area contributed by atoms with Crippen LogP contribution >= 0.6 is 15.9 Å². The number of carbonyl (C=O) groups is 2. The molecule has 1 aliphatic heterocycles. The number of esters is 2. The van der Waals surface area contributed by atoms with Gasteiger partial charge in [-0.2, -0.15) is 0 Å². The molecule has 1 N–H and O–H groups in total. The molecule has 134 valence electrons. The van der Waals surface area contributed by atoms with Crippen LogP contribution in [0, 0.1) is 0 Å². The Kier molecular flexibility index (Phi) is 4.86. The number of H-pyrrole nitrogens is 1. The lowest BCUT2D eigenvalue weighted by molar-refractivity contribution is -0.155. The van der Waals surface area contributed by atoms with E-state index < -0.39 is 35.2 Å². The first-order chi connectivity index (χ1) is 11.9. The predicted octanol–water partition coefficient (Wildman–Crippen LogP) is 0.275. The summed E-state index contributed by atoms with van der Waals surface area (Å²) in [5, 5.41) is 0. The van der Waals surface area contributed by atoms with Crippen LogP contribution in [0.1, 0.15) is 20.1 Å². The first kappa shape index (κ1) is 17.5. The number of rotatable bonds is 4. The van der Waals surface area contributed by atoms with Gasteiger partial charge in [-0.25, -0.2) is 9.97 Å². The molecule has 1 saturated heterocycles. The number of carbonyl (C=O) groups excluding carboxylic acids is 2. The summed E-state index contributed by atoms with van der Waals surface area (Å²) in [5.41, 5.74) is 0.118. The second kappa shape index (κ2) is 6.92. The molecule has 0 aromatic carbocycles. The van der Waals surface area contributed by atoms with Gasteiger partial charge in [-0.05, 0) is 0 Å². The van der Waals surface area contributed by atoms with Crippen molar-refractivity contribution in [3.8, 4) is 0 Å². The van der Waals surface area contributed by atoms with Gasteiger partial charge in [0.15, 0.2) is 17.4 Å². The number of imidazole rings is 1. The van der Waals surface area contributed by atoms with E-state index in [0.717, 1.165) is 0 Å². The van der Waals surface area contributed by atoms with Crippen molar-refractivity contribution in [3.05, 3.63) is 23.0 Å². The van der Waals surface area contributed by atoms with Crippen LogP contribution < -0.4 is 5.56 Å². The third-order valence-corrected chi connectivity index (χ3v) is 4.63. The molecule has 0 saturated carbocycles. The molecular weight excluding hydrogens is 400 g/mol. The number of nitrogens with zero attached hydrogens (tertiary/aromatic N) is 3. The Morgan fingerprint density at radius 3 is 2.80 bits per heavy atom. The number of aromatic nitrogens is 4. The summed E-state index contributed by atoms with van der Waals surface area (Å²) in [6, 6.07) is 0. The van der Waals surface area contributed by atoms with Crippen LogP contribution in [0.15, 0.2) is 17.4 Å². The van der Waals surface area contributed by atoms with E-state index in [1.807, 2.05) is 0 Å². The molecule has 0 unspecified atom stereocenters. The van der Waals surface area contributed by atoms with E-state index in [4.69, 9.17) is 14.2 Å². The van der Waals surface area contributed by atoms with E-state index in [1.54, 1.807) is 4.57 Å². The number of halogens is 1. The fraction of sp³-hybridized carbons (Fsp3) is 0.500. The Labute approximate surface area is 149 Å². The number of alkyl halides is 1. The van der Waals surface area contributed by atoms with E-state index >= 15 is 0 Å². The molecule has 25 heavy (non-hydrogen) atoms. The lowest BCUT2D eigenvalue weighted by Crippen LogP contribution is -2.35. The van der Waals surface area contributed by atoms with E-state index in [0.29, 0.717) is 5.65 Å². The SMILES string of the molecule is CC(=O)OC[C@H]1O[C@@H](n2cnc3c(=O)[nH]cnc32)[C@@H](Br)[C@@H]1OC(C)=O. The van der Waals surface area contributed by atoms with Crippen LogP contribution in [0.5, 0.6) is 0 Å². The number of hydrogen-bond acceptors (Lipinski definition) is 8. The second-order valence-corrected chi connectivity index (χ2v) is 6.50. The topological polar surface area (TPSA) is 125 Å². The summed E-state index contributed by atoms with van der Waals surface area (Å²) in [5.74, 6) is -0.961. The van der Waals surface area contributed by atoms with Crippen molar-refractivity contribution >= 4 is 39.0 Å². The lowest BCUT2D eigenvalue weighted by Gasteiger charge is -2.19. The smallest absolute Gasteiger partial charge is 0.303 e. The van der Waals surface area contributed by atoms with Gasteiger partial charge in [0.25, 0.3) is 5.56 Å². The van der Waals surface area contributed by atoms with Gasteiger partial charge < -0.3 is 19.2 Å². The van der Waals surface area contributed by atoms with Crippen LogP contribution in [-0.4, -0.2) is 55.1 Å². The summed E-state index contributed by atoms with van der Waals surface area (Å²) in [6.45, 7) is 2.48. The van der Waals surface area contributed by atoms with E-state index in [-0.39, 0.29) is 17.7 Å². The third-order valence-electron chi connectivity index (χ3n) is 3.66. The summed E-state index contributed by atoms with van der Waals surface area (Å²) in [4.78, 5) is 44.4. The minimum atomic E-state index is -0.693. The number of nitrogens with one attached hydrogen (secondary N) is 1. The van der Waals surface area contributed by atoms with Crippen LogP contribution in [0.2, 0.25) is 0 Å². The molecule has 3 rings (SSSR count). The minimum absolute atomic E-state index is 0.0769. The zero-order valence-corrected chi connectivity index (χ0v) is 14.9. The quantitative estimate of drug-likeness (QED) is 0.558. The number of fused-ring (bicyclic) bond motifs is 1. The van der Waals surface area contributed by atoms with Gasteiger partial charge >= 0.3 is 11.9 Å². The fourth-order valence-corrected chi connectivity index (χ4v) is 3.46. The molecule has 11 heteroatoms. The van der Waals surface area contributed by atoms with E-state index in [2.05, 4.69) is 30.9 Å². The zero-order chi connectivity index (χ0) is 18.1. The average Bonchev–Trinajstić information content (AvgIpc) is 3.09. The predicted molar refractivity (Wildman–Crippen MR) is 87.0 cm³/mol. The van der Waals surface area contributed by atoms with Crippen molar-refractivity contribution in [3.63, 3.8) is 0 Å². The highest BCUT2D eigenvalue weighted by molar-refractivity contribution is 9.09. The van der Waals surface area contributed by atoms with Gasteiger partial charge in [0.1, 0.15) is 18.8 Å². The Balaban J connectivity index is 1.92. The summed E-state index contributed by atoms with van der Waals surface area (Å²) < 4.78 is 17.8. The van der Waals surface area contributed by atoms with Gasteiger partial charge in [-0.15, -0.1) is 0 Å². The fourth-order valence-electron chi connectivity index (χ4n) is 2.63. The van der Waals surface area contributed by atoms with Crippen molar-refractivity contribution in [2.45, 2.75) is 37.1 Å². The number of aromatic amines is 1. The molecular formula is C14H15BrN4O6. The van der Waals surface area contributed by atoms with Gasteiger partial charge in [0.2, 0.25) is 0 Å². The highest BCUT2D eigenvalue weighted by Crippen LogP contribution is 2.37. The Morgan fingerprint density at radius 2 is 2.12 bits per heavy atom. The summed E-state index contributed by atoms with van der Waals surface area (Å²) in [7, 11) is 0. The maximum absolute atomic E-state index is 11.8. The van der Waals surface area contributed by atoms with Gasteiger partial charge in [-0.3, -0.25) is 19.0 Å². The summed E-state index contributed by atoms with van der Waals surface area (Å²) >= 11 is 3.47. The molecule has 0 radical (unpaired) electrons. The maximum Gasteiger partial charge on any atom is 0.303 e. The molecule has 0 aliphatic carbocycles.